The summed E-state index contributed by atoms with van der Waals surface area (Å²) in [6.45, 7) is 6.80. The summed E-state index contributed by atoms with van der Waals surface area (Å²) in [4.78, 5) is 0. The Bertz CT molecular complexity index is 483. The molecule has 0 saturated heterocycles. The summed E-state index contributed by atoms with van der Waals surface area (Å²) in [5.74, 6) is 0. The van der Waals surface area contributed by atoms with Gasteiger partial charge >= 0.3 is 0 Å². The van der Waals surface area contributed by atoms with Gasteiger partial charge in [0.15, 0.2) is 0 Å². The van der Waals surface area contributed by atoms with E-state index in [1.54, 1.807) is 0 Å². The molecule has 0 spiro atoms. The van der Waals surface area contributed by atoms with Crippen molar-refractivity contribution in [2.45, 2.75) is 32.4 Å². The second-order valence-electron chi connectivity index (χ2n) is 5.74. The van der Waals surface area contributed by atoms with Crippen LogP contribution in [0.3, 0.4) is 0 Å². The molecule has 2 rings (SSSR count). The fourth-order valence-electron chi connectivity index (χ4n) is 2.25. The standard InChI is InChI=1S/C17H21B/c1-14-9-11-15(12-10-14)13-18-17(2,3)16-7-5-4-6-8-16/h4-12,18H,13H2,1-3H3. The third-order valence-electron chi connectivity index (χ3n) is 3.71. The summed E-state index contributed by atoms with van der Waals surface area (Å²) in [7, 11) is 1.18. The fraction of sp³-hybridized carbons (Fsp3) is 0.294. The Morgan fingerprint density at radius 3 is 2.11 bits per heavy atom. The van der Waals surface area contributed by atoms with Crippen LogP contribution in [0, 0.1) is 6.92 Å². The maximum Gasteiger partial charge on any atom is 0.137 e. The van der Waals surface area contributed by atoms with Crippen molar-refractivity contribution in [2.24, 2.45) is 0 Å². The van der Waals surface area contributed by atoms with Crippen molar-refractivity contribution in [1.82, 2.24) is 0 Å². The van der Waals surface area contributed by atoms with Crippen molar-refractivity contribution < 1.29 is 0 Å². The molecule has 0 radical (unpaired) electrons. The molecule has 92 valence electrons. The molecule has 18 heavy (non-hydrogen) atoms. The maximum atomic E-state index is 2.33. The lowest BCUT2D eigenvalue weighted by Gasteiger charge is -2.24. The number of benzene rings is 2. The summed E-state index contributed by atoms with van der Waals surface area (Å²) >= 11 is 0. The van der Waals surface area contributed by atoms with Gasteiger partial charge in [-0.25, -0.2) is 0 Å². The first-order chi connectivity index (χ1) is 8.58. The lowest BCUT2D eigenvalue weighted by atomic mass is 9.49. The largest absolute Gasteiger partial charge is 0.137 e. The van der Waals surface area contributed by atoms with Gasteiger partial charge in [0, 0.05) is 0 Å². The van der Waals surface area contributed by atoms with Crippen LogP contribution in [0.25, 0.3) is 0 Å². The van der Waals surface area contributed by atoms with Gasteiger partial charge in [0.2, 0.25) is 0 Å². The average Bonchev–Trinajstić information content (AvgIpc) is 2.39. The maximum absolute atomic E-state index is 2.33. The molecular weight excluding hydrogens is 215 g/mol. The molecule has 0 atom stereocenters. The minimum Gasteiger partial charge on any atom is -0.0628 e. The second kappa shape index (κ2) is 5.43. The van der Waals surface area contributed by atoms with Crippen molar-refractivity contribution >= 4 is 7.28 Å². The van der Waals surface area contributed by atoms with Gasteiger partial charge in [-0.05, 0) is 17.8 Å². The quantitative estimate of drug-likeness (QED) is 0.707. The highest BCUT2D eigenvalue weighted by Gasteiger charge is 2.21. The Labute approximate surface area is 111 Å². The molecule has 0 aliphatic carbocycles. The van der Waals surface area contributed by atoms with E-state index in [2.05, 4.69) is 75.4 Å². The molecule has 0 amide bonds. The van der Waals surface area contributed by atoms with Gasteiger partial charge < -0.3 is 0 Å². The summed E-state index contributed by atoms with van der Waals surface area (Å²) in [5, 5.41) is 0.242. The van der Waals surface area contributed by atoms with Gasteiger partial charge in [0.1, 0.15) is 7.28 Å². The minimum atomic E-state index is 0.242. The van der Waals surface area contributed by atoms with E-state index in [-0.39, 0.29) is 5.31 Å². The highest BCUT2D eigenvalue weighted by molar-refractivity contribution is 6.39. The Morgan fingerprint density at radius 1 is 0.889 bits per heavy atom. The molecule has 0 unspecified atom stereocenters. The third-order valence-corrected chi connectivity index (χ3v) is 3.71. The minimum absolute atomic E-state index is 0.242. The van der Waals surface area contributed by atoms with E-state index in [4.69, 9.17) is 0 Å². The molecule has 1 heteroatoms. The fourth-order valence-corrected chi connectivity index (χ4v) is 2.25. The predicted molar refractivity (Wildman–Crippen MR) is 81.5 cm³/mol. The number of hydrogen-bond acceptors (Lipinski definition) is 0. The van der Waals surface area contributed by atoms with E-state index in [0.29, 0.717) is 0 Å². The molecule has 0 aliphatic heterocycles. The van der Waals surface area contributed by atoms with Gasteiger partial charge in [-0.2, -0.15) is 0 Å². The highest BCUT2D eigenvalue weighted by atomic mass is 14.1. The number of aryl methyl sites for hydroxylation is 1. The van der Waals surface area contributed by atoms with E-state index in [9.17, 15) is 0 Å². The van der Waals surface area contributed by atoms with Crippen LogP contribution >= 0.6 is 0 Å². The Balaban J connectivity index is 2.03. The Kier molecular flexibility index (Phi) is 3.91. The van der Waals surface area contributed by atoms with Crippen LogP contribution in [0.15, 0.2) is 54.6 Å². The van der Waals surface area contributed by atoms with E-state index >= 15 is 0 Å². The SMILES string of the molecule is Cc1ccc(CBC(C)(C)c2ccccc2)cc1. The molecule has 0 N–H and O–H groups in total. The summed E-state index contributed by atoms with van der Waals surface area (Å²) in [6, 6.07) is 19.7. The lowest BCUT2D eigenvalue weighted by Crippen LogP contribution is -2.27. The molecule has 0 heterocycles. The summed E-state index contributed by atoms with van der Waals surface area (Å²) in [5.41, 5.74) is 4.20. The number of hydrogen-bond donors (Lipinski definition) is 0. The molecule has 2 aromatic rings. The molecular formula is C17H21B. The zero-order valence-corrected chi connectivity index (χ0v) is 11.6. The summed E-state index contributed by atoms with van der Waals surface area (Å²) in [6.07, 6.45) is 1.14. The molecule has 0 aliphatic rings. The highest BCUT2D eigenvalue weighted by Crippen LogP contribution is 2.22. The second-order valence-corrected chi connectivity index (χ2v) is 5.74. The molecule has 0 fully saturated rings. The third kappa shape index (κ3) is 3.26. The van der Waals surface area contributed by atoms with Gasteiger partial charge in [-0.1, -0.05) is 85.9 Å². The lowest BCUT2D eigenvalue weighted by molar-refractivity contribution is 0.745. The van der Waals surface area contributed by atoms with Crippen LogP contribution < -0.4 is 0 Å². The molecule has 0 nitrogen and oxygen atoms in total. The van der Waals surface area contributed by atoms with Crippen molar-refractivity contribution in [3.63, 3.8) is 0 Å². The molecule has 0 bridgehead atoms. The van der Waals surface area contributed by atoms with Gasteiger partial charge in [-0.3, -0.25) is 0 Å². The molecule has 0 aromatic heterocycles. The van der Waals surface area contributed by atoms with Gasteiger partial charge in [-0.15, -0.1) is 0 Å². The normalized spacial score (nSPS) is 11.3. The van der Waals surface area contributed by atoms with Crippen molar-refractivity contribution in [1.29, 1.82) is 0 Å². The zero-order chi connectivity index (χ0) is 13.0. The first kappa shape index (κ1) is 12.9. The average molecular weight is 236 g/mol. The topological polar surface area (TPSA) is 0 Å². The Morgan fingerprint density at radius 2 is 1.50 bits per heavy atom. The summed E-state index contributed by atoms with van der Waals surface area (Å²) < 4.78 is 0. The Hall–Kier alpha value is -1.50. The monoisotopic (exact) mass is 236 g/mol. The smallest absolute Gasteiger partial charge is 0.0628 e. The van der Waals surface area contributed by atoms with Crippen molar-refractivity contribution in [3.05, 3.63) is 71.3 Å². The molecule has 0 saturated carbocycles. The van der Waals surface area contributed by atoms with E-state index < -0.39 is 0 Å². The van der Waals surface area contributed by atoms with Crippen molar-refractivity contribution in [2.75, 3.05) is 0 Å². The van der Waals surface area contributed by atoms with Crippen LogP contribution in [-0.4, -0.2) is 7.28 Å². The molecule has 2 aromatic carbocycles. The van der Waals surface area contributed by atoms with Gasteiger partial charge in [0.05, 0.1) is 0 Å². The van der Waals surface area contributed by atoms with Crippen LogP contribution in [-0.2, 0) is 11.6 Å². The van der Waals surface area contributed by atoms with Crippen molar-refractivity contribution in [3.8, 4) is 0 Å². The number of rotatable bonds is 4. The van der Waals surface area contributed by atoms with Crippen LogP contribution in [0.2, 0.25) is 0 Å². The first-order valence-electron chi connectivity index (χ1n) is 6.69. The van der Waals surface area contributed by atoms with E-state index in [1.807, 2.05) is 0 Å². The van der Waals surface area contributed by atoms with E-state index in [0.717, 1.165) is 6.32 Å². The van der Waals surface area contributed by atoms with Gasteiger partial charge in [0.25, 0.3) is 0 Å². The zero-order valence-electron chi connectivity index (χ0n) is 11.6. The first-order valence-corrected chi connectivity index (χ1v) is 6.69. The van der Waals surface area contributed by atoms with Crippen LogP contribution in [0.5, 0.6) is 0 Å². The van der Waals surface area contributed by atoms with E-state index in [1.165, 1.54) is 24.0 Å². The van der Waals surface area contributed by atoms with Crippen LogP contribution in [0.4, 0.5) is 0 Å². The predicted octanol–water partition coefficient (Wildman–Crippen LogP) is 3.87. The van der Waals surface area contributed by atoms with Crippen LogP contribution in [0.1, 0.15) is 30.5 Å².